The van der Waals surface area contributed by atoms with Crippen molar-refractivity contribution in [1.82, 2.24) is 10.2 Å². The third kappa shape index (κ3) is 4.05. The maximum absolute atomic E-state index is 11.9. The molecule has 18 heavy (non-hydrogen) atoms. The van der Waals surface area contributed by atoms with E-state index in [-0.39, 0.29) is 5.91 Å². The van der Waals surface area contributed by atoms with Crippen molar-refractivity contribution in [2.24, 2.45) is 0 Å². The molecule has 1 aromatic heterocycles. The standard InChI is InChI=1S/C12H17BrN2O2S/c13-10-2-8-18-11(10)9-14-3-1-12(16)15-4-6-17-7-5-15/h2,8,14H,1,3-7,9H2. The predicted octanol–water partition coefficient (Wildman–Crippen LogP) is 1.85. The molecule has 1 N–H and O–H groups in total. The minimum Gasteiger partial charge on any atom is -0.378 e. The summed E-state index contributed by atoms with van der Waals surface area (Å²) in [6, 6.07) is 2.04. The Morgan fingerprint density at radius 1 is 1.50 bits per heavy atom. The van der Waals surface area contributed by atoms with Crippen LogP contribution in [0.15, 0.2) is 15.9 Å². The topological polar surface area (TPSA) is 41.6 Å². The van der Waals surface area contributed by atoms with E-state index in [0.717, 1.165) is 30.7 Å². The Labute approximate surface area is 119 Å². The number of thiophene rings is 1. The summed E-state index contributed by atoms with van der Waals surface area (Å²) in [4.78, 5) is 15.0. The van der Waals surface area contributed by atoms with E-state index in [1.54, 1.807) is 11.3 Å². The number of nitrogens with one attached hydrogen (secondary N) is 1. The number of hydrogen-bond donors (Lipinski definition) is 1. The highest BCUT2D eigenvalue weighted by molar-refractivity contribution is 9.10. The molecule has 0 atom stereocenters. The van der Waals surface area contributed by atoms with Crippen LogP contribution in [0, 0.1) is 0 Å². The van der Waals surface area contributed by atoms with Gasteiger partial charge in [-0.15, -0.1) is 11.3 Å². The molecule has 0 unspecified atom stereocenters. The summed E-state index contributed by atoms with van der Waals surface area (Å²) < 4.78 is 6.36. The molecule has 1 aliphatic heterocycles. The molecule has 0 radical (unpaired) electrons. The van der Waals surface area contributed by atoms with Gasteiger partial charge >= 0.3 is 0 Å². The smallest absolute Gasteiger partial charge is 0.224 e. The minimum atomic E-state index is 0.219. The van der Waals surface area contributed by atoms with Crippen LogP contribution in [-0.4, -0.2) is 43.7 Å². The highest BCUT2D eigenvalue weighted by atomic mass is 79.9. The van der Waals surface area contributed by atoms with Crippen LogP contribution >= 0.6 is 27.3 Å². The van der Waals surface area contributed by atoms with Gasteiger partial charge in [0, 0.05) is 41.9 Å². The Hall–Kier alpha value is -0.430. The third-order valence-corrected chi connectivity index (χ3v) is 4.78. The molecule has 1 amide bonds. The van der Waals surface area contributed by atoms with Crippen LogP contribution < -0.4 is 5.32 Å². The minimum absolute atomic E-state index is 0.219. The Bertz CT molecular complexity index is 391. The van der Waals surface area contributed by atoms with Gasteiger partial charge in [0.2, 0.25) is 5.91 Å². The summed E-state index contributed by atoms with van der Waals surface area (Å²) in [5.41, 5.74) is 0. The summed E-state index contributed by atoms with van der Waals surface area (Å²) in [6.07, 6.45) is 0.559. The molecule has 1 aliphatic rings. The van der Waals surface area contributed by atoms with Crippen molar-refractivity contribution in [2.75, 3.05) is 32.8 Å². The van der Waals surface area contributed by atoms with Crippen molar-refractivity contribution in [3.8, 4) is 0 Å². The molecular formula is C12H17BrN2O2S. The van der Waals surface area contributed by atoms with Gasteiger partial charge in [-0.1, -0.05) is 0 Å². The maximum Gasteiger partial charge on any atom is 0.224 e. The average Bonchev–Trinajstić information content (AvgIpc) is 2.81. The van der Waals surface area contributed by atoms with Gasteiger partial charge < -0.3 is 15.0 Å². The van der Waals surface area contributed by atoms with Crippen LogP contribution in [0.1, 0.15) is 11.3 Å². The molecular weight excluding hydrogens is 316 g/mol. The lowest BCUT2D eigenvalue weighted by atomic mass is 10.3. The summed E-state index contributed by atoms with van der Waals surface area (Å²) in [5.74, 6) is 0.219. The van der Waals surface area contributed by atoms with Crippen molar-refractivity contribution < 1.29 is 9.53 Å². The van der Waals surface area contributed by atoms with Crippen molar-refractivity contribution >= 4 is 33.2 Å². The van der Waals surface area contributed by atoms with Gasteiger partial charge in [-0.2, -0.15) is 0 Å². The first-order valence-corrected chi connectivity index (χ1v) is 7.73. The second-order valence-electron chi connectivity index (χ2n) is 4.11. The number of nitrogens with zero attached hydrogens (tertiary/aromatic N) is 1. The Morgan fingerprint density at radius 2 is 2.28 bits per heavy atom. The van der Waals surface area contributed by atoms with Gasteiger partial charge in [-0.3, -0.25) is 4.79 Å². The van der Waals surface area contributed by atoms with Crippen LogP contribution in [0.4, 0.5) is 0 Å². The van der Waals surface area contributed by atoms with Crippen molar-refractivity contribution in [2.45, 2.75) is 13.0 Å². The van der Waals surface area contributed by atoms with Gasteiger partial charge in [-0.05, 0) is 27.4 Å². The monoisotopic (exact) mass is 332 g/mol. The molecule has 0 aromatic carbocycles. The number of rotatable bonds is 5. The van der Waals surface area contributed by atoms with E-state index in [0.29, 0.717) is 19.6 Å². The van der Waals surface area contributed by atoms with Crippen LogP contribution in [0.5, 0.6) is 0 Å². The van der Waals surface area contributed by atoms with E-state index in [1.165, 1.54) is 4.88 Å². The number of halogens is 1. The number of amides is 1. The number of carbonyl (C=O) groups excluding carboxylic acids is 1. The second-order valence-corrected chi connectivity index (χ2v) is 5.97. The number of hydrogen-bond acceptors (Lipinski definition) is 4. The first-order valence-electron chi connectivity index (χ1n) is 6.05. The van der Waals surface area contributed by atoms with Crippen LogP contribution in [0.2, 0.25) is 0 Å². The average molecular weight is 333 g/mol. The normalized spacial score (nSPS) is 15.9. The number of carbonyl (C=O) groups is 1. The van der Waals surface area contributed by atoms with Crippen LogP contribution in [0.25, 0.3) is 0 Å². The first-order chi connectivity index (χ1) is 8.77. The zero-order chi connectivity index (χ0) is 12.8. The first kappa shape index (κ1) is 14.0. The Morgan fingerprint density at radius 3 is 2.94 bits per heavy atom. The third-order valence-electron chi connectivity index (χ3n) is 2.86. The molecule has 0 aliphatic carbocycles. The fourth-order valence-corrected chi connectivity index (χ4v) is 3.28. The SMILES string of the molecule is O=C(CCNCc1sccc1Br)N1CCOCC1. The van der Waals surface area contributed by atoms with Crippen molar-refractivity contribution in [1.29, 1.82) is 0 Å². The zero-order valence-electron chi connectivity index (χ0n) is 10.2. The molecule has 2 rings (SSSR count). The molecule has 0 saturated carbocycles. The van der Waals surface area contributed by atoms with Crippen molar-refractivity contribution in [3.63, 3.8) is 0 Å². The fraction of sp³-hybridized carbons (Fsp3) is 0.583. The van der Waals surface area contributed by atoms with Gasteiger partial charge in [0.1, 0.15) is 0 Å². The molecule has 6 heteroatoms. The second kappa shape index (κ2) is 7.23. The van der Waals surface area contributed by atoms with Gasteiger partial charge in [0.05, 0.1) is 13.2 Å². The molecule has 1 saturated heterocycles. The van der Waals surface area contributed by atoms with E-state index in [9.17, 15) is 4.79 Å². The highest BCUT2D eigenvalue weighted by Crippen LogP contribution is 2.21. The predicted molar refractivity (Wildman–Crippen MR) is 75.7 cm³/mol. The quantitative estimate of drug-likeness (QED) is 0.836. The molecule has 4 nitrogen and oxygen atoms in total. The number of ether oxygens (including phenoxy) is 1. The molecule has 1 aromatic rings. The lowest BCUT2D eigenvalue weighted by Gasteiger charge is -2.26. The fourth-order valence-electron chi connectivity index (χ4n) is 1.82. The molecule has 0 spiro atoms. The highest BCUT2D eigenvalue weighted by Gasteiger charge is 2.15. The summed E-state index contributed by atoms with van der Waals surface area (Å²) >= 11 is 5.21. The summed E-state index contributed by atoms with van der Waals surface area (Å²) in [5, 5.41) is 5.36. The van der Waals surface area contributed by atoms with E-state index >= 15 is 0 Å². The van der Waals surface area contributed by atoms with E-state index in [4.69, 9.17) is 4.74 Å². The number of morpholine rings is 1. The van der Waals surface area contributed by atoms with Crippen LogP contribution in [0.3, 0.4) is 0 Å². The lowest BCUT2D eigenvalue weighted by Crippen LogP contribution is -2.41. The lowest BCUT2D eigenvalue weighted by molar-refractivity contribution is -0.135. The zero-order valence-corrected chi connectivity index (χ0v) is 12.6. The van der Waals surface area contributed by atoms with E-state index in [1.807, 2.05) is 11.0 Å². The van der Waals surface area contributed by atoms with Gasteiger partial charge in [-0.25, -0.2) is 0 Å². The molecule has 100 valence electrons. The molecule has 2 heterocycles. The van der Waals surface area contributed by atoms with Crippen molar-refractivity contribution in [3.05, 3.63) is 20.8 Å². The van der Waals surface area contributed by atoms with E-state index < -0.39 is 0 Å². The van der Waals surface area contributed by atoms with Gasteiger partial charge in [0.15, 0.2) is 0 Å². The molecule has 1 fully saturated rings. The Kier molecular flexibility index (Phi) is 5.62. The van der Waals surface area contributed by atoms with Gasteiger partial charge in [0.25, 0.3) is 0 Å². The molecule has 0 bridgehead atoms. The largest absolute Gasteiger partial charge is 0.378 e. The Balaban J connectivity index is 1.63. The van der Waals surface area contributed by atoms with E-state index in [2.05, 4.69) is 26.6 Å². The maximum atomic E-state index is 11.9. The van der Waals surface area contributed by atoms with Crippen LogP contribution in [-0.2, 0) is 16.1 Å². The summed E-state index contributed by atoms with van der Waals surface area (Å²) in [6.45, 7) is 4.34. The summed E-state index contributed by atoms with van der Waals surface area (Å²) in [7, 11) is 0.